The van der Waals surface area contributed by atoms with Crippen LogP contribution in [0, 0.1) is 11.3 Å². The molecule has 9 heteroatoms. The fraction of sp³-hybridized carbons (Fsp3) is 0.211. The van der Waals surface area contributed by atoms with Crippen LogP contribution in [0.25, 0.3) is 0 Å². The highest BCUT2D eigenvalue weighted by Crippen LogP contribution is 2.37. The molecule has 6 nitrogen and oxygen atoms in total. The Morgan fingerprint density at radius 3 is 2.32 bits per heavy atom. The molecule has 0 aliphatic carbocycles. The van der Waals surface area contributed by atoms with Crippen molar-refractivity contribution >= 4 is 17.6 Å². The number of imide groups is 1. The fourth-order valence-electron chi connectivity index (χ4n) is 3.00. The van der Waals surface area contributed by atoms with E-state index < -0.39 is 34.8 Å². The van der Waals surface area contributed by atoms with Crippen LogP contribution in [0.4, 0.5) is 23.7 Å². The van der Waals surface area contributed by atoms with Crippen molar-refractivity contribution in [3.63, 3.8) is 0 Å². The van der Waals surface area contributed by atoms with E-state index in [1.54, 1.807) is 24.3 Å². The van der Waals surface area contributed by atoms with E-state index in [-0.39, 0.29) is 5.69 Å². The lowest BCUT2D eigenvalue weighted by Crippen LogP contribution is -2.40. The van der Waals surface area contributed by atoms with Crippen LogP contribution < -0.4 is 15.0 Å². The van der Waals surface area contributed by atoms with Gasteiger partial charge in [-0.1, -0.05) is 12.1 Å². The highest BCUT2D eigenvalue weighted by molar-refractivity contribution is 6.23. The normalized spacial score (nSPS) is 19.4. The summed E-state index contributed by atoms with van der Waals surface area (Å²) < 4.78 is 44.7. The van der Waals surface area contributed by atoms with E-state index >= 15 is 0 Å². The van der Waals surface area contributed by atoms with E-state index in [0.717, 1.165) is 12.1 Å². The SMILES string of the molecule is COc1ccc([C@]2(C)NC(=O)N(c3ccc(C#N)c(C(F)(F)F)c3)C2=O)cc1. The zero-order valence-electron chi connectivity index (χ0n) is 14.8. The Hall–Kier alpha value is -3.54. The van der Waals surface area contributed by atoms with Crippen molar-refractivity contribution < 1.29 is 27.5 Å². The number of urea groups is 1. The summed E-state index contributed by atoms with van der Waals surface area (Å²) in [7, 11) is 1.48. The zero-order chi connectivity index (χ0) is 20.7. The molecule has 2 aromatic rings. The number of ether oxygens (including phenoxy) is 1. The summed E-state index contributed by atoms with van der Waals surface area (Å²) in [4.78, 5) is 26.0. The highest BCUT2D eigenvalue weighted by Gasteiger charge is 2.50. The molecule has 0 spiro atoms. The standard InChI is InChI=1S/C19H14F3N3O3/c1-18(12-4-7-14(28-2)8-5-12)16(26)25(17(27)24-18)13-6-3-11(10-23)15(9-13)19(20,21)22/h3-9H,1-2H3,(H,24,27)/t18-/m0/s1. The topological polar surface area (TPSA) is 82.4 Å². The molecule has 1 aliphatic rings. The van der Waals surface area contributed by atoms with Crippen LogP contribution in [0.2, 0.25) is 0 Å². The summed E-state index contributed by atoms with van der Waals surface area (Å²) in [5, 5.41) is 11.4. The van der Waals surface area contributed by atoms with Crippen molar-refractivity contribution in [1.29, 1.82) is 5.26 Å². The average Bonchev–Trinajstić information content (AvgIpc) is 2.90. The number of hydrogen-bond donors (Lipinski definition) is 1. The van der Waals surface area contributed by atoms with E-state index in [4.69, 9.17) is 10.00 Å². The summed E-state index contributed by atoms with van der Waals surface area (Å²) in [6.07, 6.45) is -4.81. The minimum atomic E-state index is -4.81. The number of carbonyl (C=O) groups excluding carboxylic acids is 2. The third-order valence-corrected chi connectivity index (χ3v) is 4.55. The summed E-state index contributed by atoms with van der Waals surface area (Å²) >= 11 is 0. The molecule has 1 aliphatic heterocycles. The second kappa shape index (κ2) is 6.56. The monoisotopic (exact) mass is 389 g/mol. The first kappa shape index (κ1) is 19.2. The first-order valence-electron chi connectivity index (χ1n) is 8.04. The van der Waals surface area contributed by atoms with Gasteiger partial charge >= 0.3 is 12.2 Å². The molecule has 1 saturated heterocycles. The van der Waals surface area contributed by atoms with Gasteiger partial charge < -0.3 is 10.1 Å². The summed E-state index contributed by atoms with van der Waals surface area (Å²) in [6, 6.07) is 9.66. The number of nitrogens with one attached hydrogen (secondary N) is 1. The van der Waals surface area contributed by atoms with Crippen LogP contribution in [0.1, 0.15) is 23.6 Å². The molecule has 3 rings (SSSR count). The Morgan fingerprint density at radius 1 is 1.14 bits per heavy atom. The predicted molar refractivity (Wildman–Crippen MR) is 92.5 cm³/mol. The first-order valence-corrected chi connectivity index (χ1v) is 8.04. The number of hydrogen-bond acceptors (Lipinski definition) is 4. The molecule has 0 radical (unpaired) electrons. The van der Waals surface area contributed by atoms with Gasteiger partial charge in [-0.15, -0.1) is 0 Å². The van der Waals surface area contributed by atoms with Crippen molar-refractivity contribution in [3.05, 3.63) is 59.2 Å². The Kier molecular flexibility index (Phi) is 4.51. The summed E-state index contributed by atoms with van der Waals surface area (Å²) in [6.45, 7) is 1.46. The van der Waals surface area contributed by atoms with Gasteiger partial charge in [0.1, 0.15) is 11.3 Å². The maximum absolute atomic E-state index is 13.2. The van der Waals surface area contributed by atoms with Gasteiger partial charge in [0.05, 0.1) is 30.0 Å². The minimum absolute atomic E-state index is 0.272. The van der Waals surface area contributed by atoms with Gasteiger partial charge in [-0.2, -0.15) is 18.4 Å². The number of alkyl halides is 3. The molecule has 3 amide bonds. The van der Waals surface area contributed by atoms with Gasteiger partial charge in [-0.3, -0.25) is 4.79 Å². The molecule has 0 saturated carbocycles. The second-order valence-electron chi connectivity index (χ2n) is 6.26. The predicted octanol–water partition coefficient (Wildman–Crippen LogP) is 3.56. The molecule has 0 unspecified atom stereocenters. The third-order valence-electron chi connectivity index (χ3n) is 4.55. The van der Waals surface area contributed by atoms with Crippen LogP contribution in [0.5, 0.6) is 5.75 Å². The van der Waals surface area contributed by atoms with Crippen molar-refractivity contribution in [2.24, 2.45) is 0 Å². The number of carbonyl (C=O) groups is 2. The number of nitrogens with zero attached hydrogens (tertiary/aromatic N) is 2. The van der Waals surface area contributed by atoms with Crippen molar-refractivity contribution in [2.75, 3.05) is 12.0 Å². The Bertz CT molecular complexity index is 996. The maximum Gasteiger partial charge on any atom is 0.417 e. The van der Waals surface area contributed by atoms with Crippen LogP contribution in [-0.2, 0) is 16.5 Å². The number of rotatable bonds is 3. The molecule has 0 bridgehead atoms. The molecule has 1 heterocycles. The molecule has 28 heavy (non-hydrogen) atoms. The number of methoxy groups -OCH3 is 1. The van der Waals surface area contributed by atoms with Gasteiger partial charge in [0, 0.05) is 0 Å². The lowest BCUT2D eigenvalue weighted by Gasteiger charge is -2.22. The molecular weight excluding hydrogens is 375 g/mol. The summed E-state index contributed by atoms with van der Waals surface area (Å²) in [5.41, 5.74) is -3.10. The van der Waals surface area contributed by atoms with Crippen molar-refractivity contribution in [2.45, 2.75) is 18.6 Å². The summed E-state index contributed by atoms with van der Waals surface area (Å²) in [5.74, 6) is -0.191. The molecule has 1 fully saturated rings. The molecule has 2 aromatic carbocycles. The largest absolute Gasteiger partial charge is 0.497 e. The Morgan fingerprint density at radius 2 is 1.79 bits per heavy atom. The molecule has 144 valence electrons. The molecule has 1 atom stereocenters. The van der Waals surface area contributed by atoms with Crippen LogP contribution in [0.3, 0.4) is 0 Å². The fourth-order valence-corrected chi connectivity index (χ4v) is 3.00. The number of anilines is 1. The van der Waals surface area contributed by atoms with Gasteiger partial charge in [-0.05, 0) is 42.8 Å². The van der Waals surface area contributed by atoms with E-state index in [0.29, 0.717) is 22.3 Å². The number of nitriles is 1. The molecule has 0 aromatic heterocycles. The van der Waals surface area contributed by atoms with Gasteiger partial charge in [-0.25, -0.2) is 9.69 Å². The molecule has 1 N–H and O–H groups in total. The van der Waals surface area contributed by atoms with Crippen LogP contribution in [0.15, 0.2) is 42.5 Å². The highest BCUT2D eigenvalue weighted by atomic mass is 19.4. The van der Waals surface area contributed by atoms with Gasteiger partial charge in [0.2, 0.25) is 0 Å². The number of halogens is 3. The van der Waals surface area contributed by atoms with Crippen LogP contribution >= 0.6 is 0 Å². The lowest BCUT2D eigenvalue weighted by molar-refractivity contribution is -0.137. The third kappa shape index (κ3) is 3.03. The van der Waals surface area contributed by atoms with Crippen molar-refractivity contribution in [1.82, 2.24) is 5.32 Å². The van der Waals surface area contributed by atoms with E-state index in [2.05, 4.69) is 5.32 Å². The lowest BCUT2D eigenvalue weighted by atomic mass is 9.92. The van der Waals surface area contributed by atoms with E-state index in [1.165, 1.54) is 20.1 Å². The molecular formula is C19H14F3N3O3. The maximum atomic E-state index is 13.2. The number of amides is 3. The van der Waals surface area contributed by atoms with E-state index in [1.807, 2.05) is 0 Å². The first-order chi connectivity index (χ1) is 13.1. The Balaban J connectivity index is 2.04. The van der Waals surface area contributed by atoms with E-state index in [9.17, 15) is 22.8 Å². The minimum Gasteiger partial charge on any atom is -0.497 e. The van der Waals surface area contributed by atoms with Crippen molar-refractivity contribution in [3.8, 4) is 11.8 Å². The Labute approximate surface area is 158 Å². The average molecular weight is 389 g/mol. The zero-order valence-corrected chi connectivity index (χ0v) is 14.8. The quantitative estimate of drug-likeness (QED) is 0.814. The van der Waals surface area contributed by atoms with Gasteiger partial charge in [0.15, 0.2) is 0 Å². The second-order valence-corrected chi connectivity index (χ2v) is 6.26. The van der Waals surface area contributed by atoms with Gasteiger partial charge in [0.25, 0.3) is 5.91 Å². The smallest absolute Gasteiger partial charge is 0.417 e. The number of benzene rings is 2. The van der Waals surface area contributed by atoms with Crippen LogP contribution in [-0.4, -0.2) is 19.0 Å².